The van der Waals surface area contributed by atoms with E-state index in [2.05, 4.69) is 9.80 Å². The Labute approximate surface area is 156 Å². The van der Waals surface area contributed by atoms with E-state index >= 15 is 0 Å². The standard InChI is InChI=1S/C19H34FN3O3/c1-2-26-19(25)22-8-3-4-16(5-11-22)21-9-6-17(7-10-21)23-13-15(20)12-18(23)14-24/h15-18,24H,2-14H2,1H3. The highest BCUT2D eigenvalue weighted by atomic mass is 19.1. The van der Waals surface area contributed by atoms with Crippen molar-refractivity contribution in [2.75, 3.05) is 45.9 Å². The van der Waals surface area contributed by atoms with Gasteiger partial charge in [0.15, 0.2) is 0 Å². The summed E-state index contributed by atoms with van der Waals surface area (Å²) in [5.74, 6) is 0. The van der Waals surface area contributed by atoms with Crippen molar-refractivity contribution in [2.45, 2.75) is 69.7 Å². The van der Waals surface area contributed by atoms with E-state index in [1.165, 1.54) is 0 Å². The molecule has 3 rings (SSSR count). The van der Waals surface area contributed by atoms with Crippen LogP contribution in [0.2, 0.25) is 0 Å². The SMILES string of the molecule is CCOC(=O)N1CCCC(N2CCC(N3CC(F)CC3CO)CC2)CC1. The summed E-state index contributed by atoms with van der Waals surface area (Å²) < 4.78 is 18.9. The molecule has 0 bridgehead atoms. The Morgan fingerprint density at radius 2 is 1.85 bits per heavy atom. The third-order valence-electron chi connectivity index (χ3n) is 6.32. The lowest BCUT2D eigenvalue weighted by Crippen LogP contribution is -2.50. The monoisotopic (exact) mass is 371 g/mol. The highest BCUT2D eigenvalue weighted by molar-refractivity contribution is 5.67. The van der Waals surface area contributed by atoms with Gasteiger partial charge in [-0.15, -0.1) is 0 Å². The first kappa shape index (κ1) is 19.8. The summed E-state index contributed by atoms with van der Waals surface area (Å²) in [6.07, 6.45) is 4.73. The molecule has 0 radical (unpaired) electrons. The van der Waals surface area contributed by atoms with Crippen LogP contribution in [0.15, 0.2) is 0 Å². The van der Waals surface area contributed by atoms with E-state index in [1.807, 2.05) is 11.8 Å². The van der Waals surface area contributed by atoms with Gasteiger partial charge in [0.2, 0.25) is 0 Å². The molecule has 0 spiro atoms. The van der Waals surface area contributed by atoms with Crippen molar-refractivity contribution in [3.8, 4) is 0 Å². The normalized spacial score (nSPS) is 32.6. The number of ether oxygens (including phenoxy) is 1. The number of rotatable bonds is 4. The minimum absolute atomic E-state index is 0.00225. The summed E-state index contributed by atoms with van der Waals surface area (Å²) in [7, 11) is 0. The predicted octanol–water partition coefficient (Wildman–Crippen LogP) is 1.87. The summed E-state index contributed by atoms with van der Waals surface area (Å²) >= 11 is 0. The second-order valence-corrected chi connectivity index (χ2v) is 7.90. The molecule has 26 heavy (non-hydrogen) atoms. The topological polar surface area (TPSA) is 56.2 Å². The van der Waals surface area contributed by atoms with Crippen molar-refractivity contribution in [1.29, 1.82) is 0 Å². The lowest BCUT2D eigenvalue weighted by Gasteiger charge is -2.41. The van der Waals surface area contributed by atoms with Gasteiger partial charge in [0.05, 0.1) is 13.2 Å². The molecule has 6 nitrogen and oxygen atoms in total. The van der Waals surface area contributed by atoms with Crippen LogP contribution in [0.5, 0.6) is 0 Å². The maximum atomic E-state index is 13.7. The lowest BCUT2D eigenvalue weighted by molar-refractivity contribution is 0.0536. The molecular formula is C19H34FN3O3. The second-order valence-electron chi connectivity index (χ2n) is 7.90. The molecule has 3 heterocycles. The zero-order valence-electron chi connectivity index (χ0n) is 16.0. The maximum absolute atomic E-state index is 13.7. The molecule has 3 saturated heterocycles. The van der Waals surface area contributed by atoms with Gasteiger partial charge in [0.1, 0.15) is 6.17 Å². The van der Waals surface area contributed by atoms with E-state index in [0.717, 1.165) is 58.3 Å². The van der Waals surface area contributed by atoms with Gasteiger partial charge in [-0.05, 0) is 58.5 Å². The quantitative estimate of drug-likeness (QED) is 0.818. The first-order chi connectivity index (χ1) is 12.6. The van der Waals surface area contributed by atoms with Crippen molar-refractivity contribution in [1.82, 2.24) is 14.7 Å². The van der Waals surface area contributed by atoms with Gasteiger partial charge in [-0.1, -0.05) is 0 Å². The van der Waals surface area contributed by atoms with Crippen LogP contribution in [0.1, 0.15) is 45.4 Å². The molecule has 3 unspecified atom stereocenters. The molecule has 0 aromatic heterocycles. The molecule has 1 amide bonds. The molecule has 150 valence electrons. The zero-order chi connectivity index (χ0) is 18.5. The van der Waals surface area contributed by atoms with Crippen LogP contribution < -0.4 is 0 Å². The Bertz CT molecular complexity index is 459. The van der Waals surface area contributed by atoms with E-state index in [0.29, 0.717) is 31.7 Å². The Morgan fingerprint density at radius 3 is 2.54 bits per heavy atom. The van der Waals surface area contributed by atoms with Gasteiger partial charge in [0, 0.05) is 37.8 Å². The smallest absolute Gasteiger partial charge is 0.409 e. The summed E-state index contributed by atoms with van der Waals surface area (Å²) in [5.41, 5.74) is 0. The molecule has 3 atom stereocenters. The highest BCUT2D eigenvalue weighted by Crippen LogP contribution is 2.29. The number of hydrogen-bond donors (Lipinski definition) is 1. The van der Waals surface area contributed by atoms with E-state index in [9.17, 15) is 14.3 Å². The largest absolute Gasteiger partial charge is 0.450 e. The third-order valence-corrected chi connectivity index (χ3v) is 6.32. The van der Waals surface area contributed by atoms with Gasteiger partial charge >= 0.3 is 6.09 Å². The van der Waals surface area contributed by atoms with Crippen LogP contribution >= 0.6 is 0 Å². The maximum Gasteiger partial charge on any atom is 0.409 e. The van der Waals surface area contributed by atoms with E-state index in [-0.39, 0.29) is 18.7 Å². The first-order valence-electron chi connectivity index (χ1n) is 10.3. The molecule has 0 aromatic carbocycles. The van der Waals surface area contributed by atoms with E-state index in [4.69, 9.17) is 4.74 Å². The summed E-state index contributed by atoms with van der Waals surface area (Å²) in [4.78, 5) is 18.5. The first-order valence-corrected chi connectivity index (χ1v) is 10.3. The lowest BCUT2D eigenvalue weighted by atomic mass is 9.98. The van der Waals surface area contributed by atoms with E-state index < -0.39 is 6.17 Å². The molecule has 3 fully saturated rings. The van der Waals surface area contributed by atoms with Crippen LogP contribution in [0.25, 0.3) is 0 Å². The van der Waals surface area contributed by atoms with Crippen LogP contribution in [0.3, 0.4) is 0 Å². The number of carbonyl (C=O) groups is 1. The molecule has 3 aliphatic rings. The van der Waals surface area contributed by atoms with Crippen molar-refractivity contribution in [3.63, 3.8) is 0 Å². The molecule has 7 heteroatoms. The third kappa shape index (κ3) is 4.67. The summed E-state index contributed by atoms with van der Waals surface area (Å²) in [5, 5.41) is 9.52. The van der Waals surface area contributed by atoms with Crippen LogP contribution in [-0.2, 0) is 4.74 Å². The van der Waals surface area contributed by atoms with Crippen LogP contribution in [-0.4, -0.2) is 96.1 Å². The average Bonchev–Trinajstić information content (AvgIpc) is 2.87. The number of nitrogens with zero attached hydrogens (tertiary/aromatic N) is 3. The van der Waals surface area contributed by atoms with Gasteiger partial charge in [-0.25, -0.2) is 9.18 Å². The highest BCUT2D eigenvalue weighted by Gasteiger charge is 2.38. The zero-order valence-corrected chi connectivity index (χ0v) is 16.0. The van der Waals surface area contributed by atoms with E-state index in [1.54, 1.807) is 0 Å². The van der Waals surface area contributed by atoms with Crippen molar-refractivity contribution in [3.05, 3.63) is 0 Å². The van der Waals surface area contributed by atoms with Crippen molar-refractivity contribution in [2.24, 2.45) is 0 Å². The number of halogens is 1. The number of piperidine rings is 1. The molecular weight excluding hydrogens is 337 g/mol. The second kappa shape index (κ2) is 9.33. The summed E-state index contributed by atoms with van der Waals surface area (Å²) in [6, 6.07) is 0.917. The molecule has 0 aliphatic carbocycles. The Kier molecular flexibility index (Phi) is 7.12. The van der Waals surface area contributed by atoms with Crippen molar-refractivity contribution >= 4 is 6.09 Å². The molecule has 0 aromatic rings. The molecule has 0 saturated carbocycles. The average molecular weight is 371 g/mol. The number of aliphatic hydroxyl groups is 1. The summed E-state index contributed by atoms with van der Waals surface area (Å²) in [6.45, 7) is 6.43. The van der Waals surface area contributed by atoms with Gasteiger partial charge in [0.25, 0.3) is 0 Å². The number of carbonyl (C=O) groups excluding carboxylic acids is 1. The van der Waals surface area contributed by atoms with Crippen LogP contribution in [0.4, 0.5) is 9.18 Å². The van der Waals surface area contributed by atoms with Crippen LogP contribution in [0, 0.1) is 0 Å². The Balaban J connectivity index is 1.47. The Morgan fingerprint density at radius 1 is 1.12 bits per heavy atom. The Hall–Kier alpha value is -0.920. The van der Waals surface area contributed by atoms with Gasteiger partial charge in [-0.2, -0.15) is 0 Å². The fraction of sp³-hybridized carbons (Fsp3) is 0.947. The minimum Gasteiger partial charge on any atom is -0.450 e. The molecule has 1 N–H and O–H groups in total. The minimum atomic E-state index is -0.791. The van der Waals surface area contributed by atoms with Gasteiger partial charge < -0.3 is 19.6 Å². The number of amides is 1. The van der Waals surface area contributed by atoms with Crippen molar-refractivity contribution < 1.29 is 19.0 Å². The fourth-order valence-electron chi connectivity index (χ4n) is 4.93. The predicted molar refractivity (Wildman–Crippen MR) is 97.9 cm³/mol. The number of alkyl halides is 1. The number of aliphatic hydroxyl groups excluding tert-OH is 1. The number of likely N-dealkylation sites (tertiary alicyclic amines) is 3. The fourth-order valence-corrected chi connectivity index (χ4v) is 4.93. The van der Waals surface area contributed by atoms with Gasteiger partial charge in [-0.3, -0.25) is 4.90 Å². The molecule has 3 aliphatic heterocycles. The number of hydrogen-bond acceptors (Lipinski definition) is 5.